The Morgan fingerprint density at radius 3 is 2.57 bits per heavy atom. The fourth-order valence-electron chi connectivity index (χ4n) is 1.86. The van der Waals surface area contributed by atoms with Crippen LogP contribution < -0.4 is 11.1 Å². The summed E-state index contributed by atoms with van der Waals surface area (Å²) in [7, 11) is 0. The van der Waals surface area contributed by atoms with E-state index in [1.165, 1.54) is 6.92 Å². The molecule has 7 heteroatoms. The number of nitrogens with one attached hydrogen (secondary N) is 1. The molecule has 0 saturated carbocycles. The third-order valence-electron chi connectivity index (χ3n) is 3.11. The van der Waals surface area contributed by atoms with E-state index in [1.807, 2.05) is 18.2 Å². The molecule has 0 bridgehead atoms. The zero-order valence-corrected chi connectivity index (χ0v) is 11.6. The van der Waals surface area contributed by atoms with E-state index < -0.39 is 24.1 Å². The Balaban J connectivity index is 2.04. The lowest BCUT2D eigenvalue weighted by atomic mass is 10.1. The van der Waals surface area contributed by atoms with Crippen LogP contribution in [0.2, 0.25) is 0 Å². The van der Waals surface area contributed by atoms with Gasteiger partial charge in [-0.05, 0) is 12.5 Å². The summed E-state index contributed by atoms with van der Waals surface area (Å²) in [4.78, 5) is 36.3. The number of imide groups is 1. The Morgan fingerprint density at radius 1 is 1.43 bits per heavy atom. The minimum Gasteiger partial charge on any atom is -0.444 e. The van der Waals surface area contributed by atoms with Gasteiger partial charge in [-0.15, -0.1) is 0 Å². The quantitative estimate of drug-likeness (QED) is 0.760. The van der Waals surface area contributed by atoms with Gasteiger partial charge in [-0.3, -0.25) is 9.59 Å². The van der Waals surface area contributed by atoms with Crippen LogP contribution in [0.15, 0.2) is 30.3 Å². The molecule has 2 atom stereocenters. The van der Waals surface area contributed by atoms with Crippen molar-refractivity contribution in [1.82, 2.24) is 10.2 Å². The Bertz CT molecular complexity index is 544. The van der Waals surface area contributed by atoms with Crippen LogP contribution in [0, 0.1) is 0 Å². The fourth-order valence-corrected chi connectivity index (χ4v) is 1.86. The molecule has 112 valence electrons. The van der Waals surface area contributed by atoms with Crippen LogP contribution in [0.4, 0.5) is 4.79 Å². The molecule has 1 heterocycles. The molecule has 2 rings (SSSR count). The summed E-state index contributed by atoms with van der Waals surface area (Å²) in [6.07, 6.45) is -0.860. The smallest absolute Gasteiger partial charge is 0.417 e. The molecule has 21 heavy (non-hydrogen) atoms. The van der Waals surface area contributed by atoms with Crippen LogP contribution >= 0.6 is 0 Å². The molecular formula is C14H17N3O4. The summed E-state index contributed by atoms with van der Waals surface area (Å²) in [5, 5.41) is 2.48. The Hall–Kier alpha value is -2.41. The first kappa shape index (κ1) is 15.0. The molecule has 0 aromatic heterocycles. The third kappa shape index (κ3) is 3.38. The summed E-state index contributed by atoms with van der Waals surface area (Å²) >= 11 is 0. The summed E-state index contributed by atoms with van der Waals surface area (Å²) in [5.74, 6) is -1.02. The monoisotopic (exact) mass is 291 g/mol. The van der Waals surface area contributed by atoms with Gasteiger partial charge in [0.25, 0.3) is 0 Å². The van der Waals surface area contributed by atoms with Gasteiger partial charge in [0.05, 0.1) is 6.04 Å². The van der Waals surface area contributed by atoms with E-state index in [0.29, 0.717) is 0 Å². The second-order valence-corrected chi connectivity index (χ2v) is 4.80. The van der Waals surface area contributed by atoms with Crippen molar-refractivity contribution in [2.75, 3.05) is 6.54 Å². The van der Waals surface area contributed by atoms with Crippen LogP contribution in [0.5, 0.6) is 0 Å². The van der Waals surface area contributed by atoms with Gasteiger partial charge in [0.2, 0.25) is 11.8 Å². The van der Waals surface area contributed by atoms with Crippen molar-refractivity contribution in [3.8, 4) is 0 Å². The zero-order valence-electron chi connectivity index (χ0n) is 11.6. The first-order chi connectivity index (χ1) is 10.0. The molecule has 1 saturated heterocycles. The van der Waals surface area contributed by atoms with Crippen molar-refractivity contribution in [1.29, 1.82) is 0 Å². The van der Waals surface area contributed by atoms with E-state index in [1.54, 1.807) is 12.1 Å². The number of nitrogens with two attached hydrogens (primary N) is 1. The largest absolute Gasteiger partial charge is 0.444 e. The Labute approximate surface area is 122 Å². The fraction of sp³-hybridized carbons (Fsp3) is 0.357. The minimum absolute atomic E-state index is 0.0245. The van der Waals surface area contributed by atoms with Gasteiger partial charge in [0.1, 0.15) is 12.6 Å². The molecule has 1 unspecified atom stereocenters. The van der Waals surface area contributed by atoms with Gasteiger partial charge in [-0.25, -0.2) is 9.69 Å². The van der Waals surface area contributed by atoms with Gasteiger partial charge < -0.3 is 15.8 Å². The number of hydrogen-bond donors (Lipinski definition) is 2. The minimum atomic E-state index is -0.886. The molecule has 1 fully saturated rings. The third-order valence-corrected chi connectivity index (χ3v) is 3.11. The molecule has 7 nitrogen and oxygen atoms in total. The first-order valence-corrected chi connectivity index (χ1v) is 6.57. The highest BCUT2D eigenvalue weighted by molar-refractivity contribution is 6.02. The molecule has 1 aliphatic rings. The SMILES string of the molecule is C[C@@H](N)C(=O)N(C(=O)OCc1ccccc1)C1CNC1=O. The Morgan fingerprint density at radius 2 is 2.10 bits per heavy atom. The number of hydrogen-bond acceptors (Lipinski definition) is 5. The predicted molar refractivity (Wildman–Crippen MR) is 73.9 cm³/mol. The summed E-state index contributed by atoms with van der Waals surface area (Å²) in [6, 6.07) is 7.33. The number of carbonyl (C=O) groups is 3. The lowest BCUT2D eigenvalue weighted by Crippen LogP contribution is -2.66. The van der Waals surface area contributed by atoms with Crippen LogP contribution in [0.25, 0.3) is 0 Å². The lowest BCUT2D eigenvalue weighted by Gasteiger charge is -2.35. The highest BCUT2D eigenvalue weighted by Gasteiger charge is 2.42. The van der Waals surface area contributed by atoms with Gasteiger partial charge >= 0.3 is 6.09 Å². The maximum atomic E-state index is 12.1. The number of β-lactam (4-membered cyclic amide) rings is 1. The molecule has 3 amide bonds. The second kappa shape index (κ2) is 6.36. The zero-order chi connectivity index (χ0) is 15.4. The van der Waals surface area contributed by atoms with Gasteiger partial charge in [-0.2, -0.15) is 0 Å². The van der Waals surface area contributed by atoms with Crippen molar-refractivity contribution >= 4 is 17.9 Å². The molecule has 3 N–H and O–H groups in total. The van der Waals surface area contributed by atoms with Gasteiger partial charge in [-0.1, -0.05) is 30.3 Å². The van der Waals surface area contributed by atoms with Crippen molar-refractivity contribution in [2.24, 2.45) is 5.73 Å². The summed E-state index contributed by atoms with van der Waals surface area (Å²) < 4.78 is 5.10. The maximum absolute atomic E-state index is 12.1. The van der Waals surface area contributed by atoms with E-state index >= 15 is 0 Å². The van der Waals surface area contributed by atoms with Gasteiger partial charge in [0, 0.05) is 6.54 Å². The topological polar surface area (TPSA) is 102 Å². The van der Waals surface area contributed by atoms with Crippen molar-refractivity contribution in [2.45, 2.75) is 25.6 Å². The Kier molecular flexibility index (Phi) is 4.54. The van der Waals surface area contributed by atoms with Crippen LogP contribution in [0.1, 0.15) is 12.5 Å². The molecule has 0 aliphatic carbocycles. The highest BCUT2D eigenvalue weighted by Crippen LogP contribution is 2.12. The maximum Gasteiger partial charge on any atom is 0.417 e. The molecule has 1 aliphatic heterocycles. The van der Waals surface area contributed by atoms with Crippen LogP contribution in [-0.2, 0) is 20.9 Å². The number of carbonyl (C=O) groups excluding carboxylic acids is 3. The summed E-state index contributed by atoms with van der Waals surface area (Å²) in [5.41, 5.74) is 6.30. The normalized spacial score (nSPS) is 18.2. The number of amides is 3. The first-order valence-electron chi connectivity index (χ1n) is 6.57. The van der Waals surface area contributed by atoms with E-state index in [4.69, 9.17) is 10.5 Å². The van der Waals surface area contributed by atoms with Crippen molar-refractivity contribution < 1.29 is 19.1 Å². The number of benzene rings is 1. The van der Waals surface area contributed by atoms with E-state index in [2.05, 4.69) is 5.32 Å². The molecule has 0 spiro atoms. The standard InChI is InChI=1S/C14H17N3O4/c1-9(15)13(19)17(11-7-16-12(11)18)14(20)21-8-10-5-3-2-4-6-10/h2-6,9,11H,7-8,15H2,1H3,(H,16,18)/t9-,11?/m1/s1. The average molecular weight is 291 g/mol. The van der Waals surface area contributed by atoms with E-state index in [9.17, 15) is 14.4 Å². The molecular weight excluding hydrogens is 274 g/mol. The highest BCUT2D eigenvalue weighted by atomic mass is 16.6. The van der Waals surface area contributed by atoms with Crippen molar-refractivity contribution in [3.05, 3.63) is 35.9 Å². The van der Waals surface area contributed by atoms with E-state index in [-0.39, 0.29) is 19.1 Å². The summed E-state index contributed by atoms with van der Waals surface area (Å²) in [6.45, 7) is 1.70. The average Bonchev–Trinajstić information content (AvgIpc) is 2.48. The number of nitrogens with zero attached hydrogens (tertiary/aromatic N) is 1. The number of ether oxygens (including phenoxy) is 1. The van der Waals surface area contributed by atoms with Gasteiger partial charge in [0.15, 0.2) is 0 Å². The molecule has 1 aromatic carbocycles. The molecule has 1 aromatic rings. The molecule has 0 radical (unpaired) electrons. The van der Waals surface area contributed by atoms with Crippen LogP contribution in [-0.4, -0.2) is 41.4 Å². The van der Waals surface area contributed by atoms with Crippen molar-refractivity contribution in [3.63, 3.8) is 0 Å². The predicted octanol–water partition coefficient (Wildman–Crippen LogP) is -0.00260. The number of rotatable bonds is 4. The van der Waals surface area contributed by atoms with E-state index in [0.717, 1.165) is 10.5 Å². The second-order valence-electron chi connectivity index (χ2n) is 4.80. The van der Waals surface area contributed by atoms with Crippen LogP contribution in [0.3, 0.4) is 0 Å². The lowest BCUT2D eigenvalue weighted by molar-refractivity contribution is -0.143.